The fourth-order valence-corrected chi connectivity index (χ4v) is 1.37. The third kappa shape index (κ3) is 2.36. The maximum atomic E-state index is 11.4. The predicted molar refractivity (Wildman–Crippen MR) is 63.1 cm³/mol. The van der Waals surface area contributed by atoms with Crippen molar-refractivity contribution in [2.75, 3.05) is 5.43 Å². The Labute approximate surface area is 102 Å². The standard InChI is InChI=1S/C9H10N6OS/c1-2-7(16)14-15-8(12-13-9(15)17)6-5-10-3-4-11-6/h3-5H,2H2,1H3,(H,13,17)(H,14,16). The molecule has 7 nitrogen and oxygen atoms in total. The predicted octanol–water partition coefficient (Wildman–Crippen LogP) is 0.878. The number of aromatic nitrogens is 5. The molecular formula is C9H10N6OS. The van der Waals surface area contributed by atoms with Gasteiger partial charge in [0.05, 0.1) is 6.20 Å². The number of amides is 1. The van der Waals surface area contributed by atoms with Gasteiger partial charge < -0.3 is 0 Å². The molecule has 0 atom stereocenters. The van der Waals surface area contributed by atoms with Gasteiger partial charge in [-0.05, 0) is 12.2 Å². The molecule has 0 aliphatic rings. The van der Waals surface area contributed by atoms with Crippen LogP contribution in [0, 0.1) is 4.77 Å². The lowest BCUT2D eigenvalue weighted by molar-refractivity contribution is -0.116. The zero-order valence-corrected chi connectivity index (χ0v) is 9.86. The molecule has 2 aromatic heterocycles. The number of carbonyl (C=O) groups is 1. The van der Waals surface area contributed by atoms with Gasteiger partial charge >= 0.3 is 0 Å². The quantitative estimate of drug-likeness (QED) is 0.789. The first-order valence-electron chi connectivity index (χ1n) is 4.96. The van der Waals surface area contributed by atoms with Crippen molar-refractivity contribution in [3.63, 3.8) is 0 Å². The first-order chi connectivity index (χ1) is 8.22. The van der Waals surface area contributed by atoms with Crippen molar-refractivity contribution in [3.05, 3.63) is 23.4 Å². The lowest BCUT2D eigenvalue weighted by Crippen LogP contribution is -2.23. The fourth-order valence-electron chi connectivity index (χ4n) is 1.19. The van der Waals surface area contributed by atoms with Crippen LogP contribution in [0.25, 0.3) is 11.5 Å². The third-order valence-electron chi connectivity index (χ3n) is 2.02. The monoisotopic (exact) mass is 250 g/mol. The van der Waals surface area contributed by atoms with Crippen LogP contribution >= 0.6 is 12.2 Å². The van der Waals surface area contributed by atoms with E-state index in [0.29, 0.717) is 22.7 Å². The van der Waals surface area contributed by atoms with Crippen LogP contribution < -0.4 is 5.43 Å². The van der Waals surface area contributed by atoms with Crippen LogP contribution in [0.3, 0.4) is 0 Å². The van der Waals surface area contributed by atoms with Gasteiger partial charge in [0.15, 0.2) is 0 Å². The van der Waals surface area contributed by atoms with Gasteiger partial charge in [-0.3, -0.25) is 15.2 Å². The maximum Gasteiger partial charge on any atom is 0.238 e. The normalized spacial score (nSPS) is 10.2. The van der Waals surface area contributed by atoms with Crippen molar-refractivity contribution in [2.24, 2.45) is 0 Å². The Bertz CT molecular complexity index is 575. The number of aromatic amines is 1. The molecule has 0 radical (unpaired) electrons. The van der Waals surface area contributed by atoms with Crippen LogP contribution in [0.15, 0.2) is 18.6 Å². The molecule has 0 aliphatic heterocycles. The number of hydrogen-bond acceptors (Lipinski definition) is 5. The lowest BCUT2D eigenvalue weighted by atomic mass is 10.4. The molecule has 17 heavy (non-hydrogen) atoms. The van der Waals surface area contributed by atoms with Crippen molar-refractivity contribution in [1.29, 1.82) is 0 Å². The Kier molecular flexibility index (Phi) is 3.24. The Morgan fingerprint density at radius 2 is 2.41 bits per heavy atom. The third-order valence-corrected chi connectivity index (χ3v) is 2.30. The van der Waals surface area contributed by atoms with E-state index >= 15 is 0 Å². The van der Waals surface area contributed by atoms with Gasteiger partial charge in [0.2, 0.25) is 16.5 Å². The van der Waals surface area contributed by atoms with E-state index < -0.39 is 0 Å². The van der Waals surface area contributed by atoms with Gasteiger partial charge in [-0.2, -0.15) is 5.10 Å². The summed E-state index contributed by atoms with van der Waals surface area (Å²) in [6.45, 7) is 1.75. The molecule has 0 bridgehead atoms. The van der Waals surface area contributed by atoms with Crippen molar-refractivity contribution in [2.45, 2.75) is 13.3 Å². The summed E-state index contributed by atoms with van der Waals surface area (Å²) in [6, 6.07) is 0. The first kappa shape index (κ1) is 11.4. The molecule has 0 unspecified atom stereocenters. The minimum absolute atomic E-state index is 0.160. The van der Waals surface area contributed by atoms with E-state index in [4.69, 9.17) is 12.2 Å². The summed E-state index contributed by atoms with van der Waals surface area (Å²) >= 11 is 5.02. The second-order valence-corrected chi connectivity index (χ2v) is 3.55. The van der Waals surface area contributed by atoms with E-state index in [-0.39, 0.29) is 5.91 Å². The number of nitrogens with zero attached hydrogens (tertiary/aromatic N) is 4. The van der Waals surface area contributed by atoms with E-state index in [0.717, 1.165) is 0 Å². The smallest absolute Gasteiger partial charge is 0.238 e. The van der Waals surface area contributed by atoms with E-state index in [9.17, 15) is 4.79 Å². The molecule has 8 heteroatoms. The largest absolute Gasteiger partial charge is 0.273 e. The Hall–Kier alpha value is -2.09. The summed E-state index contributed by atoms with van der Waals surface area (Å²) in [7, 11) is 0. The zero-order valence-electron chi connectivity index (χ0n) is 9.04. The van der Waals surface area contributed by atoms with Crippen molar-refractivity contribution in [1.82, 2.24) is 24.8 Å². The van der Waals surface area contributed by atoms with E-state index in [2.05, 4.69) is 25.6 Å². The van der Waals surface area contributed by atoms with Gasteiger partial charge in [0.25, 0.3) is 0 Å². The van der Waals surface area contributed by atoms with Crippen molar-refractivity contribution < 1.29 is 4.79 Å². The lowest BCUT2D eigenvalue weighted by Gasteiger charge is -2.06. The average molecular weight is 250 g/mol. The second kappa shape index (κ2) is 4.83. The Balaban J connectivity index is 2.43. The van der Waals surface area contributed by atoms with Crippen molar-refractivity contribution in [3.8, 4) is 11.5 Å². The highest BCUT2D eigenvalue weighted by Gasteiger charge is 2.11. The minimum Gasteiger partial charge on any atom is -0.273 e. The summed E-state index contributed by atoms with van der Waals surface area (Å²) in [4.78, 5) is 19.4. The summed E-state index contributed by atoms with van der Waals surface area (Å²) in [5.41, 5.74) is 3.14. The highest BCUT2D eigenvalue weighted by atomic mass is 32.1. The molecule has 0 aliphatic carbocycles. The van der Waals surface area contributed by atoms with E-state index in [1.807, 2.05) is 0 Å². The first-order valence-corrected chi connectivity index (χ1v) is 5.37. The Morgan fingerprint density at radius 3 is 3.06 bits per heavy atom. The number of H-pyrrole nitrogens is 1. The SMILES string of the molecule is CCC(=O)Nn1c(-c2cnccn2)n[nH]c1=S. The molecule has 2 aromatic rings. The molecule has 2 rings (SSSR count). The molecule has 2 heterocycles. The molecular weight excluding hydrogens is 240 g/mol. The topological polar surface area (TPSA) is 88.5 Å². The highest BCUT2D eigenvalue weighted by Crippen LogP contribution is 2.10. The van der Waals surface area contributed by atoms with Crippen molar-refractivity contribution >= 4 is 18.1 Å². The van der Waals surface area contributed by atoms with Gasteiger partial charge in [0.1, 0.15) is 5.69 Å². The summed E-state index contributed by atoms with van der Waals surface area (Å²) in [5.74, 6) is 0.262. The summed E-state index contributed by atoms with van der Waals surface area (Å²) < 4.78 is 1.68. The van der Waals surface area contributed by atoms with Gasteiger partial charge in [-0.1, -0.05) is 6.92 Å². The minimum atomic E-state index is -0.160. The average Bonchev–Trinajstić information content (AvgIpc) is 2.72. The van der Waals surface area contributed by atoms with E-state index in [1.54, 1.807) is 25.5 Å². The van der Waals surface area contributed by atoms with Crippen LogP contribution in [0.5, 0.6) is 0 Å². The van der Waals surface area contributed by atoms with Gasteiger partial charge in [-0.15, -0.1) is 0 Å². The van der Waals surface area contributed by atoms with Crippen LogP contribution in [0.1, 0.15) is 13.3 Å². The number of rotatable bonds is 3. The molecule has 0 saturated heterocycles. The Morgan fingerprint density at radius 1 is 1.59 bits per heavy atom. The molecule has 0 fully saturated rings. The van der Waals surface area contributed by atoms with Gasteiger partial charge in [0, 0.05) is 18.8 Å². The van der Waals surface area contributed by atoms with Crippen LogP contribution in [0.4, 0.5) is 0 Å². The molecule has 88 valence electrons. The second-order valence-electron chi connectivity index (χ2n) is 3.17. The van der Waals surface area contributed by atoms with E-state index in [1.165, 1.54) is 4.68 Å². The molecule has 0 spiro atoms. The number of nitrogens with one attached hydrogen (secondary N) is 2. The molecule has 0 aromatic carbocycles. The number of carbonyl (C=O) groups excluding carboxylic acids is 1. The maximum absolute atomic E-state index is 11.4. The van der Waals surface area contributed by atoms with Crippen LogP contribution in [-0.2, 0) is 4.79 Å². The molecule has 1 amide bonds. The van der Waals surface area contributed by atoms with Crippen LogP contribution in [0.2, 0.25) is 0 Å². The van der Waals surface area contributed by atoms with Crippen LogP contribution in [-0.4, -0.2) is 30.7 Å². The summed E-state index contributed by atoms with van der Waals surface area (Å²) in [5, 5.41) is 6.60. The number of hydrogen-bond donors (Lipinski definition) is 2. The molecule has 2 N–H and O–H groups in total. The summed E-state index contributed by atoms with van der Waals surface area (Å²) in [6.07, 6.45) is 4.99. The fraction of sp³-hybridized carbons (Fsp3) is 0.222. The van der Waals surface area contributed by atoms with Gasteiger partial charge in [-0.25, -0.2) is 14.8 Å². The highest BCUT2D eigenvalue weighted by molar-refractivity contribution is 7.71. The molecule has 0 saturated carbocycles. The zero-order chi connectivity index (χ0) is 12.3.